The van der Waals surface area contributed by atoms with Crippen molar-refractivity contribution in [2.45, 2.75) is 19.1 Å². The number of thioether (sulfide) groups is 1. The van der Waals surface area contributed by atoms with E-state index in [0.29, 0.717) is 10.9 Å². The van der Waals surface area contributed by atoms with Gasteiger partial charge in [-0.1, -0.05) is 19.1 Å². The third-order valence-electron chi connectivity index (χ3n) is 2.42. The second-order valence-corrected chi connectivity index (χ2v) is 4.93. The van der Waals surface area contributed by atoms with Crippen molar-refractivity contribution < 1.29 is 4.92 Å². The van der Waals surface area contributed by atoms with E-state index < -0.39 is 0 Å². The Labute approximate surface area is 99.6 Å². The molecule has 5 heteroatoms. The highest BCUT2D eigenvalue weighted by atomic mass is 32.2. The number of hydrogen-bond acceptors (Lipinski definition) is 4. The highest BCUT2D eigenvalue weighted by Gasteiger charge is 2.15. The summed E-state index contributed by atoms with van der Waals surface area (Å²) in [6.07, 6.45) is 2.03. The summed E-state index contributed by atoms with van der Waals surface area (Å²) in [5.41, 5.74) is 1.68. The lowest BCUT2D eigenvalue weighted by atomic mass is 10.1. The van der Waals surface area contributed by atoms with E-state index in [0.717, 1.165) is 12.1 Å². The minimum absolute atomic E-state index is 0.147. The van der Waals surface area contributed by atoms with Gasteiger partial charge in [-0.05, 0) is 18.7 Å². The van der Waals surface area contributed by atoms with Gasteiger partial charge in [0, 0.05) is 17.9 Å². The second kappa shape index (κ2) is 5.75. The minimum atomic E-state index is -0.348. The predicted octanol–water partition coefficient (Wildman–Crippen LogP) is 3.07. The Morgan fingerprint density at radius 1 is 1.56 bits per heavy atom. The lowest BCUT2D eigenvalue weighted by Crippen LogP contribution is -2.14. The largest absolute Gasteiger partial charge is 0.378 e. The monoisotopic (exact) mass is 240 g/mol. The topological polar surface area (TPSA) is 55.2 Å². The zero-order valence-corrected chi connectivity index (χ0v) is 10.5. The van der Waals surface area contributed by atoms with Crippen molar-refractivity contribution in [3.05, 3.63) is 33.9 Å². The average Bonchev–Trinajstić information content (AvgIpc) is 2.26. The highest BCUT2D eigenvalue weighted by molar-refractivity contribution is 7.99. The van der Waals surface area contributed by atoms with E-state index in [-0.39, 0.29) is 10.6 Å². The fourth-order valence-electron chi connectivity index (χ4n) is 1.36. The van der Waals surface area contributed by atoms with Crippen LogP contribution in [-0.2, 0) is 0 Å². The maximum atomic E-state index is 10.8. The maximum absolute atomic E-state index is 10.8. The Kier molecular flexibility index (Phi) is 4.61. The van der Waals surface area contributed by atoms with Crippen LogP contribution in [0.2, 0.25) is 0 Å². The summed E-state index contributed by atoms with van der Waals surface area (Å²) >= 11 is 1.73. The Morgan fingerprint density at radius 2 is 2.25 bits per heavy atom. The first-order chi connectivity index (χ1) is 7.56. The summed E-state index contributed by atoms with van der Waals surface area (Å²) in [6.45, 7) is 4.69. The molecule has 1 unspecified atom stereocenters. The molecular formula is C11H16N2O2S. The fraction of sp³-hybridized carbons (Fsp3) is 0.455. The molecule has 16 heavy (non-hydrogen) atoms. The number of nitro groups is 1. The number of hydrogen-bond donors (Lipinski definition) is 1. The van der Waals surface area contributed by atoms with Gasteiger partial charge in [0.2, 0.25) is 0 Å². The molecule has 0 radical (unpaired) electrons. The third-order valence-corrected chi connectivity index (χ3v) is 3.39. The number of nitro benzene ring substituents is 1. The normalized spacial score (nSPS) is 12.2. The van der Waals surface area contributed by atoms with Crippen molar-refractivity contribution in [1.82, 2.24) is 0 Å². The van der Waals surface area contributed by atoms with Crippen molar-refractivity contribution in [2.24, 2.45) is 0 Å². The maximum Gasteiger partial charge on any atom is 0.292 e. The number of nitrogens with one attached hydrogen (secondary N) is 1. The Balaban J connectivity index is 2.88. The molecule has 1 atom stereocenters. The van der Waals surface area contributed by atoms with Crippen LogP contribution in [0.15, 0.2) is 18.2 Å². The van der Waals surface area contributed by atoms with Gasteiger partial charge in [-0.3, -0.25) is 10.1 Å². The SMILES string of the molecule is CSC(C)CNc1c(C)cccc1[N+](=O)[O-]. The second-order valence-electron chi connectivity index (χ2n) is 3.65. The Bertz CT molecular complexity index is 382. The van der Waals surface area contributed by atoms with Crippen LogP contribution >= 0.6 is 11.8 Å². The first kappa shape index (κ1) is 12.8. The van der Waals surface area contributed by atoms with E-state index in [1.54, 1.807) is 17.8 Å². The minimum Gasteiger partial charge on any atom is -0.378 e. The molecule has 4 nitrogen and oxygen atoms in total. The predicted molar refractivity (Wildman–Crippen MR) is 69.3 cm³/mol. The van der Waals surface area contributed by atoms with Crippen molar-refractivity contribution in [2.75, 3.05) is 18.1 Å². The molecular weight excluding hydrogens is 224 g/mol. The lowest BCUT2D eigenvalue weighted by molar-refractivity contribution is -0.384. The molecule has 0 saturated heterocycles. The number of para-hydroxylation sites is 1. The van der Waals surface area contributed by atoms with Crippen molar-refractivity contribution in [3.63, 3.8) is 0 Å². The summed E-state index contributed by atoms with van der Waals surface area (Å²) in [7, 11) is 0. The molecule has 0 spiro atoms. The van der Waals surface area contributed by atoms with Crippen molar-refractivity contribution in [3.8, 4) is 0 Å². The summed E-state index contributed by atoms with van der Waals surface area (Å²) < 4.78 is 0. The molecule has 88 valence electrons. The van der Waals surface area contributed by atoms with Crippen LogP contribution in [0.3, 0.4) is 0 Å². The van der Waals surface area contributed by atoms with Crippen LogP contribution in [0.4, 0.5) is 11.4 Å². The van der Waals surface area contributed by atoms with Gasteiger partial charge < -0.3 is 5.32 Å². The number of rotatable bonds is 5. The van der Waals surface area contributed by atoms with Crippen molar-refractivity contribution >= 4 is 23.1 Å². The molecule has 0 fully saturated rings. The van der Waals surface area contributed by atoms with Crippen LogP contribution in [-0.4, -0.2) is 23.0 Å². The van der Waals surface area contributed by atoms with E-state index >= 15 is 0 Å². The molecule has 1 rings (SSSR count). The highest BCUT2D eigenvalue weighted by Crippen LogP contribution is 2.27. The van der Waals surface area contributed by atoms with Crippen LogP contribution in [0, 0.1) is 17.0 Å². The summed E-state index contributed by atoms with van der Waals surface area (Å²) in [5, 5.41) is 14.4. The van der Waals surface area contributed by atoms with E-state index in [4.69, 9.17) is 0 Å². The molecule has 0 aliphatic carbocycles. The van der Waals surface area contributed by atoms with E-state index in [2.05, 4.69) is 12.2 Å². The van der Waals surface area contributed by atoms with Gasteiger partial charge in [0.15, 0.2) is 0 Å². The van der Waals surface area contributed by atoms with Crippen molar-refractivity contribution in [1.29, 1.82) is 0 Å². The fourth-order valence-corrected chi connectivity index (χ4v) is 1.61. The zero-order valence-electron chi connectivity index (χ0n) is 9.69. The molecule has 1 aromatic carbocycles. The quantitative estimate of drug-likeness (QED) is 0.634. The molecule has 0 bridgehead atoms. The number of nitrogens with zero attached hydrogens (tertiary/aromatic N) is 1. The Hall–Kier alpha value is -1.23. The molecule has 0 aromatic heterocycles. The molecule has 0 aliphatic heterocycles. The van der Waals surface area contributed by atoms with Crippen LogP contribution in [0.5, 0.6) is 0 Å². The van der Waals surface area contributed by atoms with E-state index in [1.807, 2.05) is 19.2 Å². The molecule has 1 aromatic rings. The molecule has 0 saturated carbocycles. The van der Waals surface area contributed by atoms with Gasteiger partial charge in [0.05, 0.1) is 4.92 Å². The van der Waals surface area contributed by atoms with Gasteiger partial charge >= 0.3 is 0 Å². The first-order valence-corrected chi connectivity index (χ1v) is 6.35. The van der Waals surface area contributed by atoms with Gasteiger partial charge in [0.25, 0.3) is 5.69 Å². The smallest absolute Gasteiger partial charge is 0.292 e. The van der Waals surface area contributed by atoms with Crippen LogP contribution < -0.4 is 5.32 Å². The third kappa shape index (κ3) is 3.13. The summed E-state index contributed by atoms with van der Waals surface area (Å²) in [5.74, 6) is 0. The van der Waals surface area contributed by atoms with E-state index in [9.17, 15) is 10.1 Å². The summed E-state index contributed by atoms with van der Waals surface area (Å²) in [4.78, 5) is 10.5. The molecule has 0 heterocycles. The average molecular weight is 240 g/mol. The van der Waals surface area contributed by atoms with E-state index in [1.165, 1.54) is 6.07 Å². The Morgan fingerprint density at radius 3 is 2.81 bits per heavy atom. The zero-order chi connectivity index (χ0) is 12.1. The van der Waals surface area contributed by atoms with Gasteiger partial charge in [-0.2, -0.15) is 11.8 Å². The lowest BCUT2D eigenvalue weighted by Gasteiger charge is -2.13. The number of aryl methyl sites for hydroxylation is 1. The van der Waals surface area contributed by atoms with Gasteiger partial charge in [-0.15, -0.1) is 0 Å². The van der Waals surface area contributed by atoms with Gasteiger partial charge in [0.1, 0.15) is 5.69 Å². The van der Waals surface area contributed by atoms with Gasteiger partial charge in [-0.25, -0.2) is 0 Å². The first-order valence-electron chi connectivity index (χ1n) is 5.07. The van der Waals surface area contributed by atoms with Crippen LogP contribution in [0.25, 0.3) is 0 Å². The van der Waals surface area contributed by atoms with Crippen LogP contribution in [0.1, 0.15) is 12.5 Å². The summed E-state index contributed by atoms with van der Waals surface area (Å²) in [6, 6.07) is 5.11. The molecule has 1 N–H and O–H groups in total. The standard InChI is InChI=1S/C11H16N2O2S/c1-8-5-4-6-10(13(14)15)11(8)12-7-9(2)16-3/h4-6,9,12H,7H2,1-3H3. The molecule has 0 amide bonds. The number of benzene rings is 1. The number of anilines is 1. The molecule has 0 aliphatic rings.